The van der Waals surface area contributed by atoms with Gasteiger partial charge in [0.2, 0.25) is 0 Å². The molecule has 1 saturated carbocycles. The molecule has 0 aromatic carbocycles. The molecule has 0 aromatic heterocycles. The van der Waals surface area contributed by atoms with Crippen LogP contribution in [0.4, 0.5) is 0 Å². The average molecular weight is 177 g/mol. The van der Waals surface area contributed by atoms with Crippen LogP contribution in [-0.2, 0) is 0 Å². The van der Waals surface area contributed by atoms with Gasteiger partial charge in [0.15, 0.2) is 0 Å². The fourth-order valence-corrected chi connectivity index (χ4v) is 2.35. The first-order chi connectivity index (χ1) is 5.41. The van der Waals surface area contributed by atoms with Crippen LogP contribution in [0.25, 0.3) is 0 Å². The van der Waals surface area contributed by atoms with Crippen molar-refractivity contribution in [2.24, 2.45) is 0 Å². The summed E-state index contributed by atoms with van der Waals surface area (Å²) in [4.78, 5) is 0. The highest BCUT2D eigenvalue weighted by Gasteiger charge is 2.35. The van der Waals surface area contributed by atoms with Gasteiger partial charge in [-0.1, -0.05) is 31.8 Å². The third kappa shape index (κ3) is 2.22. The molecule has 1 rings (SSSR count). The van der Waals surface area contributed by atoms with E-state index in [0.29, 0.717) is 0 Å². The molecule has 0 N–H and O–H groups in total. The minimum atomic E-state index is -1.10. The Morgan fingerprint density at radius 2 is 1.83 bits per heavy atom. The van der Waals surface area contributed by atoms with Crippen molar-refractivity contribution >= 4 is 8.07 Å². The summed E-state index contributed by atoms with van der Waals surface area (Å²) in [6.07, 6.45) is 6.71. The smallest absolute Gasteiger partial charge is 0.0517 e. The summed E-state index contributed by atoms with van der Waals surface area (Å²) in [5, 5.41) is 0. The third-order valence-corrected chi connectivity index (χ3v) is 4.16. The van der Waals surface area contributed by atoms with Crippen LogP contribution in [0.1, 0.15) is 6.92 Å². The number of hydrogen-bond acceptors (Lipinski definition) is 0. The van der Waals surface area contributed by atoms with Crippen LogP contribution in [0, 0.1) is 30.7 Å². The van der Waals surface area contributed by atoms with E-state index in [0.717, 1.165) is 0 Å². The van der Waals surface area contributed by atoms with Gasteiger partial charge in [-0.2, -0.15) is 0 Å². The van der Waals surface area contributed by atoms with E-state index in [-0.39, 0.29) is 0 Å². The van der Waals surface area contributed by atoms with E-state index in [1.807, 2.05) is 0 Å². The average Bonchev–Trinajstić information content (AvgIpc) is 2.30. The summed E-state index contributed by atoms with van der Waals surface area (Å²) in [5.74, 6) is 1.30. The molecule has 0 heterocycles. The maximum absolute atomic E-state index is 3.94. The second-order valence-corrected chi connectivity index (χ2v) is 9.50. The van der Waals surface area contributed by atoms with Crippen LogP contribution >= 0.6 is 0 Å². The lowest BCUT2D eigenvalue weighted by molar-refractivity contribution is 1.23. The molecule has 0 bridgehead atoms. The summed E-state index contributed by atoms with van der Waals surface area (Å²) in [7, 11) is -1.10. The summed E-state index contributed by atoms with van der Waals surface area (Å²) in [6, 6.07) is 0. The van der Waals surface area contributed by atoms with Gasteiger partial charge in [0, 0.05) is 5.92 Å². The first-order valence-electron chi connectivity index (χ1n) is 4.34. The molecule has 0 atom stereocenters. The van der Waals surface area contributed by atoms with Crippen LogP contribution in [0.2, 0.25) is 19.6 Å². The fourth-order valence-electron chi connectivity index (χ4n) is 1.18. The number of allylic oxidation sites excluding steroid dienone is 1. The lowest BCUT2D eigenvalue weighted by atomic mass is 10.0. The fraction of sp³-hybridized carbons (Fsp3) is 0.364. The Hall–Kier alpha value is -0.0431. The lowest BCUT2D eigenvalue weighted by Gasteiger charge is -2.23. The molecular weight excluding hydrogens is 160 g/mol. The van der Waals surface area contributed by atoms with Crippen LogP contribution in [0.15, 0.2) is 12.2 Å². The van der Waals surface area contributed by atoms with E-state index in [9.17, 15) is 0 Å². The highest BCUT2D eigenvalue weighted by molar-refractivity contribution is 6.82. The van der Waals surface area contributed by atoms with E-state index in [1.54, 1.807) is 0 Å². The Morgan fingerprint density at radius 1 is 1.25 bits per heavy atom. The van der Waals surface area contributed by atoms with Crippen molar-refractivity contribution in [2.45, 2.75) is 26.6 Å². The summed E-state index contributed by atoms with van der Waals surface area (Å²) in [5.41, 5.74) is 2.69. The predicted molar refractivity (Wildman–Crippen MR) is 57.5 cm³/mol. The Labute approximate surface area is 78.1 Å². The summed E-state index contributed by atoms with van der Waals surface area (Å²) < 4.78 is 0. The van der Waals surface area contributed by atoms with Crippen molar-refractivity contribution in [3.05, 3.63) is 42.9 Å². The van der Waals surface area contributed by atoms with Gasteiger partial charge in [0.25, 0.3) is 0 Å². The number of hydrogen-bond donors (Lipinski definition) is 0. The molecule has 0 saturated heterocycles. The zero-order valence-electron chi connectivity index (χ0n) is 8.44. The normalized spacial score (nSPS) is 21.7. The molecule has 12 heavy (non-hydrogen) atoms. The van der Waals surface area contributed by atoms with Crippen LogP contribution in [0.3, 0.4) is 0 Å². The molecule has 5 radical (unpaired) electrons. The maximum atomic E-state index is 3.94. The summed E-state index contributed by atoms with van der Waals surface area (Å²) >= 11 is 0. The molecule has 65 valence electrons. The Kier molecular flexibility index (Phi) is 2.82. The van der Waals surface area contributed by atoms with Gasteiger partial charge >= 0.3 is 0 Å². The van der Waals surface area contributed by atoms with Crippen molar-refractivity contribution in [3.63, 3.8) is 0 Å². The van der Waals surface area contributed by atoms with Crippen molar-refractivity contribution in [1.82, 2.24) is 0 Å². The van der Waals surface area contributed by atoms with Crippen molar-refractivity contribution in [2.75, 3.05) is 0 Å². The van der Waals surface area contributed by atoms with Crippen molar-refractivity contribution in [3.8, 4) is 0 Å². The van der Waals surface area contributed by atoms with E-state index in [4.69, 9.17) is 0 Å². The molecule has 0 spiro atoms. The zero-order chi connectivity index (χ0) is 9.35. The first-order valence-corrected chi connectivity index (χ1v) is 7.84. The molecule has 1 heteroatoms. The van der Waals surface area contributed by atoms with Gasteiger partial charge in [0.1, 0.15) is 0 Å². The largest absolute Gasteiger partial charge is 0.0995 e. The second-order valence-electron chi connectivity index (χ2n) is 4.42. The minimum absolute atomic E-state index is 1.10. The van der Waals surface area contributed by atoms with Crippen LogP contribution in [0.5, 0.6) is 0 Å². The van der Waals surface area contributed by atoms with Crippen molar-refractivity contribution in [1.29, 1.82) is 0 Å². The zero-order valence-corrected chi connectivity index (χ0v) is 9.44. The van der Waals surface area contributed by atoms with E-state index < -0.39 is 8.07 Å². The molecule has 0 amide bonds. The Morgan fingerprint density at radius 3 is 2.08 bits per heavy atom. The minimum Gasteiger partial charge on any atom is -0.0995 e. The van der Waals surface area contributed by atoms with Gasteiger partial charge in [-0.15, -0.1) is 0 Å². The standard InChI is InChI=1S/C11H17Si/c1-9(2)10-6-7-11(8-10)12(3,4)5/h6-8H,1H2,2-5H3. The van der Waals surface area contributed by atoms with Gasteiger partial charge in [0.05, 0.1) is 8.07 Å². The van der Waals surface area contributed by atoms with Gasteiger partial charge in [-0.3, -0.25) is 0 Å². The third-order valence-electron chi connectivity index (χ3n) is 2.11. The van der Waals surface area contributed by atoms with Gasteiger partial charge in [-0.25, -0.2) is 0 Å². The molecule has 0 unspecified atom stereocenters. The second kappa shape index (κ2) is 3.37. The van der Waals surface area contributed by atoms with Crippen LogP contribution < -0.4 is 0 Å². The lowest BCUT2D eigenvalue weighted by Crippen LogP contribution is -2.29. The quantitative estimate of drug-likeness (QED) is 0.568. The monoisotopic (exact) mass is 177 g/mol. The Balaban J connectivity index is 2.51. The van der Waals surface area contributed by atoms with E-state index in [2.05, 4.69) is 52.4 Å². The highest BCUT2D eigenvalue weighted by Crippen LogP contribution is 2.40. The van der Waals surface area contributed by atoms with Gasteiger partial charge in [-0.05, 0) is 31.7 Å². The highest BCUT2D eigenvalue weighted by atomic mass is 28.3. The van der Waals surface area contributed by atoms with Crippen molar-refractivity contribution < 1.29 is 0 Å². The van der Waals surface area contributed by atoms with E-state index >= 15 is 0 Å². The molecule has 0 nitrogen and oxygen atoms in total. The molecule has 0 aliphatic heterocycles. The van der Waals surface area contributed by atoms with Gasteiger partial charge < -0.3 is 0 Å². The molecule has 1 aliphatic rings. The molecule has 1 aliphatic carbocycles. The number of rotatable bonds is 2. The van der Waals surface area contributed by atoms with E-state index in [1.165, 1.54) is 17.0 Å². The topological polar surface area (TPSA) is 0 Å². The molecule has 1 fully saturated rings. The maximum Gasteiger partial charge on any atom is 0.0517 e. The predicted octanol–water partition coefficient (Wildman–Crippen LogP) is 3.22. The first kappa shape index (κ1) is 10.0. The Bertz CT molecular complexity index is 176. The SMILES string of the molecule is C=C(C)[C]1[CH][CH][C]([Si](C)(C)C)[CH]1. The van der Waals surface area contributed by atoms with Crippen LogP contribution in [-0.4, -0.2) is 8.07 Å². The molecular formula is C11H17Si. The summed E-state index contributed by atoms with van der Waals surface area (Å²) in [6.45, 7) is 13.1. The molecule has 0 aromatic rings.